The van der Waals surface area contributed by atoms with Crippen LogP contribution >= 0.6 is 11.3 Å². The van der Waals surface area contributed by atoms with E-state index in [0.717, 1.165) is 27.8 Å². The Balaban J connectivity index is 1.81. The summed E-state index contributed by atoms with van der Waals surface area (Å²) in [7, 11) is 1.65. The maximum absolute atomic E-state index is 10.1. The van der Waals surface area contributed by atoms with E-state index in [2.05, 4.69) is 16.2 Å². The van der Waals surface area contributed by atoms with E-state index in [9.17, 15) is 15.3 Å². The highest BCUT2D eigenvalue weighted by molar-refractivity contribution is 7.07. The molecule has 158 valence electrons. The quantitative estimate of drug-likeness (QED) is 0.321. The Kier molecular flexibility index (Phi) is 5.64. The van der Waals surface area contributed by atoms with Crippen molar-refractivity contribution in [3.05, 3.63) is 64.3 Å². The zero-order valence-corrected chi connectivity index (χ0v) is 17.8. The van der Waals surface area contributed by atoms with Gasteiger partial charge in [0.2, 0.25) is 10.6 Å². The minimum Gasteiger partial charge on any atom is -0.504 e. The van der Waals surface area contributed by atoms with Crippen molar-refractivity contribution in [3.63, 3.8) is 0 Å². The number of methoxy groups -OCH3 is 1. The molecule has 0 spiro atoms. The van der Waals surface area contributed by atoms with Gasteiger partial charge in [0.25, 0.3) is 0 Å². The molecular formula is C23H21N3O4S. The summed E-state index contributed by atoms with van der Waals surface area (Å²) in [5.41, 5.74) is 2.07. The molecule has 0 bridgehead atoms. The molecule has 3 N–H and O–H groups in total. The van der Waals surface area contributed by atoms with Crippen molar-refractivity contribution in [3.8, 4) is 34.3 Å². The smallest absolute Gasteiger partial charge is 0.206 e. The second-order valence-electron chi connectivity index (χ2n) is 6.73. The summed E-state index contributed by atoms with van der Waals surface area (Å²) < 4.78 is 6.99. The third-order valence-electron chi connectivity index (χ3n) is 4.80. The van der Waals surface area contributed by atoms with Crippen LogP contribution in [0.5, 0.6) is 23.0 Å². The largest absolute Gasteiger partial charge is 0.504 e. The Labute approximate surface area is 182 Å². The first kappa shape index (κ1) is 20.5. The van der Waals surface area contributed by atoms with Crippen molar-refractivity contribution >= 4 is 28.3 Å². The first-order valence-corrected chi connectivity index (χ1v) is 10.5. The fraction of sp³-hybridized carbons (Fsp3) is 0.130. The van der Waals surface area contributed by atoms with Gasteiger partial charge in [-0.15, -0.1) is 11.3 Å². The number of phenols is 3. The van der Waals surface area contributed by atoms with Crippen LogP contribution < -0.4 is 9.54 Å². The molecule has 0 radical (unpaired) electrons. The molecule has 7 nitrogen and oxygen atoms in total. The Hall–Kier alpha value is -3.78. The van der Waals surface area contributed by atoms with Crippen LogP contribution in [0, 0.1) is 0 Å². The summed E-state index contributed by atoms with van der Waals surface area (Å²) in [4.78, 5) is 5.20. The fourth-order valence-electron chi connectivity index (χ4n) is 3.17. The van der Waals surface area contributed by atoms with Crippen molar-refractivity contribution in [2.24, 2.45) is 10.1 Å². The fourth-order valence-corrected chi connectivity index (χ4v) is 4.07. The maximum Gasteiger partial charge on any atom is 0.206 e. The Morgan fingerprint density at radius 2 is 1.77 bits per heavy atom. The first-order valence-electron chi connectivity index (χ1n) is 9.59. The first-order chi connectivity index (χ1) is 15.0. The number of ether oxygens (including phenoxy) is 1. The van der Waals surface area contributed by atoms with E-state index in [1.54, 1.807) is 11.8 Å². The average Bonchev–Trinajstić information content (AvgIpc) is 3.19. The van der Waals surface area contributed by atoms with Gasteiger partial charge in [0, 0.05) is 23.1 Å². The van der Waals surface area contributed by atoms with Gasteiger partial charge >= 0.3 is 0 Å². The summed E-state index contributed by atoms with van der Waals surface area (Å²) in [6, 6.07) is 14.8. The van der Waals surface area contributed by atoms with Crippen LogP contribution in [0.4, 0.5) is 0 Å². The molecule has 4 aromatic rings. The van der Waals surface area contributed by atoms with Gasteiger partial charge in [-0.3, -0.25) is 4.99 Å². The minimum absolute atomic E-state index is 0.271. The van der Waals surface area contributed by atoms with Crippen LogP contribution in [-0.2, 0) is 0 Å². The monoisotopic (exact) mass is 435 g/mol. The number of rotatable bonds is 5. The molecule has 8 heteroatoms. The van der Waals surface area contributed by atoms with Gasteiger partial charge in [-0.05, 0) is 48.0 Å². The Morgan fingerprint density at radius 1 is 1.00 bits per heavy atom. The lowest BCUT2D eigenvalue weighted by molar-refractivity contribution is 0.367. The molecule has 1 heterocycles. The van der Waals surface area contributed by atoms with Crippen LogP contribution in [0.15, 0.2) is 64.0 Å². The van der Waals surface area contributed by atoms with Gasteiger partial charge < -0.3 is 20.1 Å². The molecule has 0 aliphatic heterocycles. The molecule has 0 aliphatic carbocycles. The SMILES string of the molecule is CCN=c1scc(-c2ccc3cc(OC)ccc3c2)n1N=Cc1ccc(O)c(O)c1O. The summed E-state index contributed by atoms with van der Waals surface area (Å²) in [5.74, 6) is -0.609. The van der Waals surface area contributed by atoms with E-state index in [1.807, 2.05) is 42.6 Å². The van der Waals surface area contributed by atoms with Crippen LogP contribution in [0.2, 0.25) is 0 Å². The van der Waals surface area contributed by atoms with E-state index in [1.165, 1.54) is 29.7 Å². The van der Waals surface area contributed by atoms with Gasteiger partial charge in [-0.2, -0.15) is 5.10 Å². The number of thiazole rings is 1. The predicted molar refractivity (Wildman–Crippen MR) is 122 cm³/mol. The molecule has 31 heavy (non-hydrogen) atoms. The molecule has 3 aromatic carbocycles. The highest BCUT2D eigenvalue weighted by atomic mass is 32.1. The van der Waals surface area contributed by atoms with E-state index in [0.29, 0.717) is 11.3 Å². The number of aromatic nitrogens is 1. The molecule has 1 aromatic heterocycles. The number of nitrogens with zero attached hydrogens (tertiary/aromatic N) is 3. The third-order valence-corrected chi connectivity index (χ3v) is 5.65. The standard InChI is InChI=1S/C23H21N3O4S/c1-3-24-23-26(25-12-17-7-9-20(27)22(29)21(17)28)19(13-31-23)16-5-4-15-11-18(30-2)8-6-14(15)10-16/h4-13,27-29H,3H2,1-2H3. The summed E-state index contributed by atoms with van der Waals surface area (Å²) in [6.07, 6.45) is 1.42. The van der Waals surface area contributed by atoms with E-state index >= 15 is 0 Å². The molecule has 4 rings (SSSR count). The van der Waals surface area contributed by atoms with Crippen molar-refractivity contribution in [2.75, 3.05) is 13.7 Å². The van der Waals surface area contributed by atoms with Gasteiger partial charge in [0.05, 0.1) is 19.0 Å². The van der Waals surface area contributed by atoms with E-state index < -0.39 is 17.2 Å². The van der Waals surface area contributed by atoms with Crippen LogP contribution in [0.1, 0.15) is 12.5 Å². The minimum atomic E-state index is -0.581. The maximum atomic E-state index is 10.1. The Morgan fingerprint density at radius 3 is 2.55 bits per heavy atom. The summed E-state index contributed by atoms with van der Waals surface area (Å²) in [6.45, 7) is 2.54. The molecule has 0 saturated heterocycles. The molecule has 0 unspecified atom stereocenters. The second kappa shape index (κ2) is 8.53. The third kappa shape index (κ3) is 3.97. The average molecular weight is 436 g/mol. The topological polar surface area (TPSA) is 99.6 Å². The Bertz CT molecular complexity index is 1350. The summed E-state index contributed by atoms with van der Waals surface area (Å²) in [5, 5.41) is 38.0. The number of aromatic hydroxyl groups is 3. The van der Waals surface area contributed by atoms with Crippen molar-refractivity contribution in [1.29, 1.82) is 0 Å². The molecule has 0 saturated carbocycles. The van der Waals surface area contributed by atoms with Crippen LogP contribution in [0.25, 0.3) is 22.0 Å². The van der Waals surface area contributed by atoms with Crippen molar-refractivity contribution in [2.45, 2.75) is 6.92 Å². The number of fused-ring (bicyclic) bond motifs is 1. The zero-order chi connectivity index (χ0) is 22.0. The molecular weight excluding hydrogens is 414 g/mol. The number of hydrogen-bond donors (Lipinski definition) is 3. The molecule has 0 atom stereocenters. The van der Waals surface area contributed by atoms with Gasteiger partial charge in [0.1, 0.15) is 5.75 Å². The van der Waals surface area contributed by atoms with Crippen molar-refractivity contribution < 1.29 is 20.1 Å². The lowest BCUT2D eigenvalue weighted by Crippen LogP contribution is -2.12. The second-order valence-corrected chi connectivity index (χ2v) is 7.57. The molecule has 0 fully saturated rings. The highest BCUT2D eigenvalue weighted by Crippen LogP contribution is 2.36. The number of phenolic OH excluding ortho intramolecular Hbond substituents is 3. The van der Waals surface area contributed by atoms with Gasteiger partial charge in [-0.25, -0.2) is 4.68 Å². The van der Waals surface area contributed by atoms with Crippen molar-refractivity contribution in [1.82, 2.24) is 4.68 Å². The predicted octanol–water partition coefficient (Wildman–Crippen LogP) is 4.30. The molecule has 0 aliphatic rings. The van der Waals surface area contributed by atoms with Crippen LogP contribution in [0.3, 0.4) is 0 Å². The lowest BCUT2D eigenvalue weighted by atomic mass is 10.1. The zero-order valence-electron chi connectivity index (χ0n) is 17.0. The number of hydrogen-bond acceptors (Lipinski definition) is 7. The normalized spacial score (nSPS) is 12.1. The highest BCUT2D eigenvalue weighted by Gasteiger charge is 2.11. The lowest BCUT2D eigenvalue weighted by Gasteiger charge is -2.07. The number of benzene rings is 3. The summed E-state index contributed by atoms with van der Waals surface area (Å²) >= 11 is 1.46. The molecule has 0 amide bonds. The van der Waals surface area contributed by atoms with Gasteiger partial charge in [-0.1, -0.05) is 18.2 Å². The van der Waals surface area contributed by atoms with E-state index in [-0.39, 0.29) is 5.56 Å². The van der Waals surface area contributed by atoms with Crippen LogP contribution in [-0.4, -0.2) is 39.9 Å². The van der Waals surface area contributed by atoms with Gasteiger partial charge in [0.15, 0.2) is 11.5 Å². The van der Waals surface area contributed by atoms with E-state index in [4.69, 9.17) is 4.74 Å².